The van der Waals surface area contributed by atoms with Crippen LogP contribution in [0.5, 0.6) is 0 Å². The van der Waals surface area contributed by atoms with Gasteiger partial charge < -0.3 is 10.6 Å². The highest BCUT2D eigenvalue weighted by Crippen LogP contribution is 2.59. The molecule has 4 saturated carbocycles. The zero-order valence-corrected chi connectivity index (χ0v) is 15.9. The molecule has 0 heterocycles. The van der Waals surface area contributed by atoms with Gasteiger partial charge in [-0.15, -0.1) is 0 Å². The second kappa shape index (κ2) is 6.03. The van der Waals surface area contributed by atoms with Crippen LogP contribution < -0.4 is 10.6 Å². The summed E-state index contributed by atoms with van der Waals surface area (Å²) in [5.74, 6) is 2.79. The van der Waals surface area contributed by atoms with Crippen LogP contribution in [0.3, 0.4) is 0 Å². The Bertz CT molecular complexity index is 623. The van der Waals surface area contributed by atoms with Gasteiger partial charge in [-0.2, -0.15) is 0 Å². The van der Waals surface area contributed by atoms with Crippen molar-refractivity contribution in [1.29, 1.82) is 0 Å². The Hall–Kier alpha value is -1.51. The van der Waals surface area contributed by atoms with Crippen LogP contribution in [0.25, 0.3) is 0 Å². The standard InChI is InChI=1S/C22H32N2O/c1-21(2,3)18-6-4-5-7-19(18)24-20(25)23-14-22-11-15-8-16(12-22)10-17(9-15)13-22/h4-7,15-17H,8-14H2,1-3H3,(H2,23,24,25). The van der Waals surface area contributed by atoms with E-state index in [1.165, 1.54) is 44.1 Å². The number of anilines is 1. The predicted molar refractivity (Wildman–Crippen MR) is 103 cm³/mol. The summed E-state index contributed by atoms with van der Waals surface area (Å²) < 4.78 is 0. The van der Waals surface area contributed by atoms with Crippen LogP contribution in [0.1, 0.15) is 64.9 Å². The van der Waals surface area contributed by atoms with Crippen LogP contribution in [0.4, 0.5) is 10.5 Å². The van der Waals surface area contributed by atoms with Crippen molar-refractivity contribution in [2.45, 2.75) is 64.7 Å². The van der Waals surface area contributed by atoms with E-state index in [1.54, 1.807) is 0 Å². The monoisotopic (exact) mass is 340 g/mol. The summed E-state index contributed by atoms with van der Waals surface area (Å²) in [6, 6.07) is 8.09. The summed E-state index contributed by atoms with van der Waals surface area (Å²) in [7, 11) is 0. The average molecular weight is 341 g/mol. The van der Waals surface area contributed by atoms with Crippen molar-refractivity contribution in [3.8, 4) is 0 Å². The predicted octanol–water partition coefficient (Wildman–Crippen LogP) is 5.32. The van der Waals surface area contributed by atoms with Gasteiger partial charge in [-0.25, -0.2) is 4.79 Å². The third kappa shape index (κ3) is 3.43. The first-order valence-electron chi connectivity index (χ1n) is 9.97. The summed E-state index contributed by atoms with van der Waals surface area (Å²) in [5.41, 5.74) is 2.51. The quantitative estimate of drug-likeness (QED) is 0.768. The Morgan fingerprint density at radius 1 is 1.04 bits per heavy atom. The fraction of sp³-hybridized carbons (Fsp3) is 0.682. The maximum absolute atomic E-state index is 12.6. The zero-order valence-electron chi connectivity index (χ0n) is 15.9. The Morgan fingerprint density at radius 2 is 1.60 bits per heavy atom. The van der Waals surface area contributed by atoms with E-state index in [2.05, 4.69) is 37.5 Å². The minimum atomic E-state index is -0.0487. The fourth-order valence-corrected chi connectivity index (χ4v) is 6.19. The maximum Gasteiger partial charge on any atom is 0.319 e. The van der Waals surface area contributed by atoms with Gasteiger partial charge in [0.2, 0.25) is 0 Å². The number of carbonyl (C=O) groups excluding carboxylic acids is 1. The van der Waals surface area contributed by atoms with Gasteiger partial charge in [0.15, 0.2) is 0 Å². The molecule has 136 valence electrons. The number of benzene rings is 1. The van der Waals surface area contributed by atoms with Crippen molar-refractivity contribution < 1.29 is 4.79 Å². The molecule has 0 unspecified atom stereocenters. The minimum Gasteiger partial charge on any atom is -0.337 e. The lowest BCUT2D eigenvalue weighted by Gasteiger charge is -2.56. The van der Waals surface area contributed by atoms with E-state index < -0.39 is 0 Å². The molecule has 4 aliphatic carbocycles. The number of urea groups is 1. The number of hydrogen-bond acceptors (Lipinski definition) is 1. The lowest BCUT2D eigenvalue weighted by Crippen LogP contribution is -2.51. The Kier molecular flexibility index (Phi) is 4.09. The number of amides is 2. The molecule has 0 spiro atoms. The second-order valence-corrected chi connectivity index (χ2v) is 10.0. The third-order valence-electron chi connectivity index (χ3n) is 6.77. The minimum absolute atomic E-state index is 0.0177. The first-order valence-corrected chi connectivity index (χ1v) is 9.97. The summed E-state index contributed by atoms with van der Waals surface area (Å²) >= 11 is 0. The van der Waals surface area contributed by atoms with Gasteiger partial charge in [0.1, 0.15) is 0 Å². The number of hydrogen-bond donors (Lipinski definition) is 2. The number of rotatable bonds is 3. The van der Waals surface area contributed by atoms with Crippen molar-refractivity contribution in [3.05, 3.63) is 29.8 Å². The molecule has 5 rings (SSSR count). The molecular weight excluding hydrogens is 308 g/mol. The van der Waals surface area contributed by atoms with Gasteiger partial charge in [-0.05, 0) is 78.7 Å². The van der Waals surface area contributed by atoms with E-state index in [-0.39, 0.29) is 11.4 Å². The fourth-order valence-electron chi connectivity index (χ4n) is 6.19. The SMILES string of the molecule is CC(C)(C)c1ccccc1NC(=O)NCC12CC3CC(CC(C3)C1)C2. The molecule has 4 aliphatic rings. The molecule has 0 radical (unpaired) electrons. The van der Waals surface area contributed by atoms with Gasteiger partial charge in [0.05, 0.1) is 0 Å². The topological polar surface area (TPSA) is 41.1 Å². The summed E-state index contributed by atoms with van der Waals surface area (Å²) in [6.45, 7) is 7.39. The highest BCUT2D eigenvalue weighted by Gasteiger charge is 2.50. The van der Waals surface area contributed by atoms with E-state index in [4.69, 9.17) is 0 Å². The largest absolute Gasteiger partial charge is 0.337 e. The Labute approximate surface area is 152 Å². The normalized spacial score (nSPS) is 33.3. The molecular formula is C22H32N2O. The van der Waals surface area contributed by atoms with E-state index in [0.29, 0.717) is 5.41 Å². The number of para-hydroxylation sites is 1. The van der Waals surface area contributed by atoms with Crippen LogP contribution in [-0.4, -0.2) is 12.6 Å². The van der Waals surface area contributed by atoms with Gasteiger partial charge >= 0.3 is 6.03 Å². The Morgan fingerprint density at radius 3 is 2.16 bits per heavy atom. The average Bonchev–Trinajstić information content (AvgIpc) is 2.51. The van der Waals surface area contributed by atoms with E-state index in [1.807, 2.05) is 18.2 Å². The van der Waals surface area contributed by atoms with Crippen LogP contribution in [0, 0.1) is 23.2 Å². The summed E-state index contributed by atoms with van der Waals surface area (Å²) in [5, 5.41) is 6.32. The molecule has 0 atom stereocenters. The first kappa shape index (κ1) is 16.9. The molecule has 25 heavy (non-hydrogen) atoms. The van der Waals surface area contributed by atoms with Crippen LogP contribution >= 0.6 is 0 Å². The molecule has 0 aromatic heterocycles. The third-order valence-corrected chi connectivity index (χ3v) is 6.77. The molecule has 0 saturated heterocycles. The Balaban J connectivity index is 1.39. The zero-order chi connectivity index (χ0) is 17.7. The smallest absolute Gasteiger partial charge is 0.319 e. The summed E-state index contributed by atoms with van der Waals surface area (Å²) in [6.07, 6.45) is 8.34. The number of nitrogens with one attached hydrogen (secondary N) is 2. The molecule has 1 aromatic rings. The van der Waals surface area contributed by atoms with Crippen molar-refractivity contribution >= 4 is 11.7 Å². The highest BCUT2D eigenvalue weighted by atomic mass is 16.2. The van der Waals surface area contributed by atoms with Gasteiger partial charge in [-0.1, -0.05) is 39.0 Å². The molecule has 2 amide bonds. The van der Waals surface area contributed by atoms with Gasteiger partial charge in [-0.3, -0.25) is 0 Å². The van der Waals surface area contributed by atoms with Crippen LogP contribution in [-0.2, 0) is 5.41 Å². The molecule has 1 aromatic carbocycles. The van der Waals surface area contributed by atoms with E-state index in [0.717, 1.165) is 30.0 Å². The molecule has 2 N–H and O–H groups in total. The van der Waals surface area contributed by atoms with Gasteiger partial charge in [0.25, 0.3) is 0 Å². The number of carbonyl (C=O) groups is 1. The highest BCUT2D eigenvalue weighted by molar-refractivity contribution is 5.90. The van der Waals surface area contributed by atoms with Crippen LogP contribution in [0.2, 0.25) is 0 Å². The van der Waals surface area contributed by atoms with Crippen molar-refractivity contribution in [2.24, 2.45) is 23.2 Å². The molecule has 4 bridgehead atoms. The lowest BCUT2D eigenvalue weighted by atomic mass is 9.49. The molecule has 4 fully saturated rings. The van der Waals surface area contributed by atoms with Crippen LogP contribution in [0.15, 0.2) is 24.3 Å². The van der Waals surface area contributed by atoms with Gasteiger partial charge in [0, 0.05) is 12.2 Å². The first-order chi connectivity index (χ1) is 11.8. The van der Waals surface area contributed by atoms with E-state index >= 15 is 0 Å². The lowest BCUT2D eigenvalue weighted by molar-refractivity contribution is -0.0496. The van der Waals surface area contributed by atoms with Crippen molar-refractivity contribution in [3.63, 3.8) is 0 Å². The van der Waals surface area contributed by atoms with E-state index in [9.17, 15) is 4.79 Å². The molecule has 3 heteroatoms. The molecule has 0 aliphatic heterocycles. The second-order valence-electron chi connectivity index (χ2n) is 10.0. The maximum atomic E-state index is 12.6. The van der Waals surface area contributed by atoms with Crippen molar-refractivity contribution in [1.82, 2.24) is 5.32 Å². The molecule has 3 nitrogen and oxygen atoms in total. The summed E-state index contributed by atoms with van der Waals surface area (Å²) in [4.78, 5) is 12.6. The van der Waals surface area contributed by atoms with Crippen molar-refractivity contribution in [2.75, 3.05) is 11.9 Å².